The van der Waals surface area contributed by atoms with Crippen LogP contribution >= 0.6 is 0 Å². The molecule has 0 spiro atoms. The number of hydrogen-bond donors (Lipinski definition) is 2. The van der Waals surface area contributed by atoms with E-state index in [2.05, 4.69) is 20.4 Å². The minimum atomic E-state index is -0.379. The van der Waals surface area contributed by atoms with Crippen LogP contribution in [0, 0.1) is 6.92 Å². The van der Waals surface area contributed by atoms with Gasteiger partial charge < -0.3 is 14.8 Å². The number of nitrogens with zero attached hydrogens (tertiary/aromatic N) is 2. The molecular weight excluding hydrogens is 344 g/mol. The van der Waals surface area contributed by atoms with Gasteiger partial charge >= 0.3 is 0 Å². The molecule has 0 atom stereocenters. The fourth-order valence-electron chi connectivity index (χ4n) is 2.90. The normalized spacial score (nSPS) is 10.9. The molecule has 0 aliphatic carbocycles. The molecule has 0 fully saturated rings. The van der Waals surface area contributed by atoms with Crippen molar-refractivity contribution in [1.82, 2.24) is 20.4 Å². The number of aryl methyl sites for hydroxylation is 1. The fourth-order valence-corrected chi connectivity index (χ4v) is 2.90. The minimum Gasteiger partial charge on any atom is -0.343 e. The predicted molar refractivity (Wildman–Crippen MR) is 100 cm³/mol. The van der Waals surface area contributed by atoms with Crippen molar-refractivity contribution in [3.8, 4) is 11.4 Å². The van der Waals surface area contributed by atoms with E-state index in [1.165, 1.54) is 6.07 Å². The maximum Gasteiger partial charge on any atom is 0.252 e. The minimum absolute atomic E-state index is 0.0682. The molecule has 0 unspecified atom stereocenters. The summed E-state index contributed by atoms with van der Waals surface area (Å²) in [7, 11) is 0. The zero-order chi connectivity index (χ0) is 18.8. The summed E-state index contributed by atoms with van der Waals surface area (Å²) in [6, 6.07) is 16.2. The maximum absolute atomic E-state index is 12.6. The van der Waals surface area contributed by atoms with E-state index in [0.717, 1.165) is 11.1 Å². The van der Waals surface area contributed by atoms with E-state index in [4.69, 9.17) is 4.52 Å². The topological polar surface area (TPSA) is 101 Å². The zero-order valence-corrected chi connectivity index (χ0v) is 14.5. The quantitative estimate of drug-likeness (QED) is 0.583. The van der Waals surface area contributed by atoms with Crippen LogP contribution in [0.4, 0.5) is 0 Å². The molecule has 27 heavy (non-hydrogen) atoms. The molecule has 0 radical (unpaired) electrons. The average Bonchev–Trinajstić information content (AvgIpc) is 3.16. The van der Waals surface area contributed by atoms with Gasteiger partial charge in [-0.05, 0) is 12.5 Å². The molecule has 1 amide bonds. The lowest BCUT2D eigenvalue weighted by atomic mass is 10.1. The number of H-pyrrole nitrogens is 1. The Hall–Kier alpha value is -3.74. The Labute approximate surface area is 154 Å². The SMILES string of the molecule is Cc1cccc2c(C(=O)NCc3nc(-c4ccccc4)no3)cc(=O)[nH]c12. The van der Waals surface area contributed by atoms with E-state index >= 15 is 0 Å². The highest BCUT2D eigenvalue weighted by molar-refractivity contribution is 6.06. The Morgan fingerprint density at radius 3 is 2.78 bits per heavy atom. The Balaban J connectivity index is 1.56. The second kappa shape index (κ2) is 6.87. The van der Waals surface area contributed by atoms with Crippen molar-refractivity contribution in [2.75, 3.05) is 0 Å². The van der Waals surface area contributed by atoms with Crippen LogP contribution in [0.3, 0.4) is 0 Å². The Bertz CT molecular complexity index is 1180. The second-order valence-electron chi connectivity index (χ2n) is 6.11. The number of aromatic amines is 1. The first kappa shape index (κ1) is 16.7. The van der Waals surface area contributed by atoms with E-state index in [-0.39, 0.29) is 23.9 Å². The molecule has 134 valence electrons. The number of pyridine rings is 1. The van der Waals surface area contributed by atoms with Gasteiger partial charge in [-0.15, -0.1) is 0 Å². The van der Waals surface area contributed by atoms with Gasteiger partial charge in [0.05, 0.1) is 17.6 Å². The van der Waals surface area contributed by atoms with Gasteiger partial charge in [0, 0.05) is 17.0 Å². The number of benzene rings is 2. The standard InChI is InChI=1S/C20H16N4O3/c1-12-6-5-9-14-15(10-16(25)22-18(12)14)20(26)21-11-17-23-19(24-27-17)13-7-3-2-4-8-13/h2-10H,11H2,1H3,(H,21,26)(H,22,25). The monoisotopic (exact) mass is 360 g/mol. The van der Waals surface area contributed by atoms with Gasteiger partial charge in [-0.3, -0.25) is 9.59 Å². The summed E-state index contributed by atoms with van der Waals surface area (Å²) in [6.45, 7) is 1.95. The van der Waals surface area contributed by atoms with Crippen molar-refractivity contribution in [1.29, 1.82) is 0 Å². The van der Waals surface area contributed by atoms with Gasteiger partial charge in [0.1, 0.15) is 0 Å². The van der Waals surface area contributed by atoms with Crippen molar-refractivity contribution in [3.63, 3.8) is 0 Å². The summed E-state index contributed by atoms with van der Waals surface area (Å²) < 4.78 is 5.19. The van der Waals surface area contributed by atoms with E-state index in [0.29, 0.717) is 22.3 Å². The second-order valence-corrected chi connectivity index (χ2v) is 6.11. The molecule has 2 aromatic heterocycles. The maximum atomic E-state index is 12.6. The van der Waals surface area contributed by atoms with Crippen molar-refractivity contribution in [2.24, 2.45) is 0 Å². The zero-order valence-electron chi connectivity index (χ0n) is 14.5. The van der Waals surface area contributed by atoms with Gasteiger partial charge in [0.15, 0.2) is 0 Å². The summed E-state index contributed by atoms with van der Waals surface area (Å²) in [5, 5.41) is 7.33. The number of carbonyl (C=O) groups excluding carboxylic acids is 1. The number of rotatable bonds is 4. The molecule has 4 rings (SSSR count). The summed E-state index contributed by atoms with van der Waals surface area (Å²) in [5.74, 6) is 0.362. The number of aromatic nitrogens is 3. The van der Waals surface area contributed by atoms with Crippen LogP contribution < -0.4 is 10.9 Å². The van der Waals surface area contributed by atoms with E-state index < -0.39 is 0 Å². The molecule has 0 aliphatic heterocycles. The van der Waals surface area contributed by atoms with Crippen LogP contribution in [-0.4, -0.2) is 21.0 Å². The number of carbonyl (C=O) groups is 1. The van der Waals surface area contributed by atoms with Crippen molar-refractivity contribution in [3.05, 3.63) is 82.0 Å². The lowest BCUT2D eigenvalue weighted by Crippen LogP contribution is -2.25. The van der Waals surface area contributed by atoms with Gasteiger partial charge in [-0.2, -0.15) is 4.98 Å². The summed E-state index contributed by atoms with van der Waals surface area (Å²) in [6.07, 6.45) is 0. The first-order chi connectivity index (χ1) is 13.1. The van der Waals surface area contributed by atoms with Gasteiger partial charge in [-0.25, -0.2) is 0 Å². The van der Waals surface area contributed by atoms with Crippen LogP contribution in [0.5, 0.6) is 0 Å². The van der Waals surface area contributed by atoms with Crippen molar-refractivity contribution in [2.45, 2.75) is 13.5 Å². The van der Waals surface area contributed by atoms with E-state index in [1.54, 1.807) is 6.07 Å². The van der Waals surface area contributed by atoms with Crippen molar-refractivity contribution >= 4 is 16.8 Å². The highest BCUT2D eigenvalue weighted by Crippen LogP contribution is 2.19. The fraction of sp³-hybridized carbons (Fsp3) is 0.100. The van der Waals surface area contributed by atoms with Gasteiger partial charge in [-0.1, -0.05) is 53.7 Å². The van der Waals surface area contributed by atoms with Crippen LogP contribution in [0.25, 0.3) is 22.3 Å². The summed E-state index contributed by atoms with van der Waals surface area (Å²) in [4.78, 5) is 31.6. The Kier molecular flexibility index (Phi) is 4.25. The Morgan fingerprint density at radius 1 is 1.15 bits per heavy atom. The number of nitrogens with one attached hydrogen (secondary N) is 2. The molecular formula is C20H16N4O3. The number of para-hydroxylation sites is 1. The molecule has 2 N–H and O–H groups in total. The molecule has 0 saturated carbocycles. The molecule has 2 heterocycles. The number of fused-ring (bicyclic) bond motifs is 1. The highest BCUT2D eigenvalue weighted by Gasteiger charge is 2.14. The van der Waals surface area contributed by atoms with E-state index in [1.807, 2.05) is 49.4 Å². The van der Waals surface area contributed by atoms with Crippen LogP contribution in [0.2, 0.25) is 0 Å². The Morgan fingerprint density at radius 2 is 1.96 bits per heavy atom. The molecule has 7 heteroatoms. The van der Waals surface area contributed by atoms with E-state index in [9.17, 15) is 9.59 Å². The third-order valence-electron chi connectivity index (χ3n) is 4.23. The van der Waals surface area contributed by atoms with Crippen LogP contribution in [-0.2, 0) is 6.54 Å². The highest BCUT2D eigenvalue weighted by atomic mass is 16.5. The summed E-state index contributed by atoms with van der Waals surface area (Å²) >= 11 is 0. The van der Waals surface area contributed by atoms with Gasteiger partial charge in [0.2, 0.25) is 17.3 Å². The smallest absolute Gasteiger partial charge is 0.252 e. The average molecular weight is 360 g/mol. The predicted octanol–water partition coefficient (Wildman–Crippen LogP) is 2.82. The third kappa shape index (κ3) is 3.35. The van der Waals surface area contributed by atoms with Crippen molar-refractivity contribution < 1.29 is 9.32 Å². The first-order valence-electron chi connectivity index (χ1n) is 8.40. The molecule has 0 saturated heterocycles. The summed E-state index contributed by atoms with van der Waals surface area (Å²) in [5.41, 5.74) is 2.35. The number of hydrogen-bond acceptors (Lipinski definition) is 5. The third-order valence-corrected chi connectivity index (χ3v) is 4.23. The largest absolute Gasteiger partial charge is 0.343 e. The van der Waals surface area contributed by atoms with Crippen LogP contribution in [0.1, 0.15) is 21.8 Å². The lowest BCUT2D eigenvalue weighted by molar-refractivity contribution is 0.0947. The molecule has 0 bridgehead atoms. The molecule has 7 nitrogen and oxygen atoms in total. The first-order valence-corrected chi connectivity index (χ1v) is 8.40. The molecule has 4 aromatic rings. The van der Waals surface area contributed by atoms with Crippen LogP contribution in [0.15, 0.2) is 63.9 Å². The van der Waals surface area contributed by atoms with Gasteiger partial charge in [0.25, 0.3) is 5.91 Å². The lowest BCUT2D eigenvalue weighted by Gasteiger charge is -2.08. The molecule has 2 aromatic carbocycles. The molecule has 0 aliphatic rings. The number of amides is 1.